The standard InChI is InChI=1S/C16H18ClN3O5/c1-16(14(22)18-9-13(21)20-4-6-24-7-5-20)15(23)19-11-8-10(17)2-3-12(11)25-16/h2-3,8H,4-7,9H2,1H3,(H,18,22)(H,19,23). The van der Waals surface area contributed by atoms with Crippen molar-refractivity contribution in [2.24, 2.45) is 0 Å². The average molecular weight is 368 g/mol. The quantitative estimate of drug-likeness (QED) is 0.754. The molecule has 0 saturated carbocycles. The summed E-state index contributed by atoms with van der Waals surface area (Å²) in [6.07, 6.45) is 0. The zero-order chi connectivity index (χ0) is 18.0. The first-order chi connectivity index (χ1) is 11.9. The molecule has 2 N–H and O–H groups in total. The van der Waals surface area contributed by atoms with E-state index in [1.54, 1.807) is 17.0 Å². The molecule has 134 valence electrons. The van der Waals surface area contributed by atoms with Crippen LogP contribution in [0.3, 0.4) is 0 Å². The van der Waals surface area contributed by atoms with Crippen molar-refractivity contribution in [3.63, 3.8) is 0 Å². The number of amides is 3. The van der Waals surface area contributed by atoms with Gasteiger partial charge in [-0.1, -0.05) is 11.6 Å². The zero-order valence-corrected chi connectivity index (χ0v) is 14.4. The van der Waals surface area contributed by atoms with Gasteiger partial charge in [0.25, 0.3) is 17.4 Å². The topological polar surface area (TPSA) is 97.0 Å². The summed E-state index contributed by atoms with van der Waals surface area (Å²) in [4.78, 5) is 38.5. The molecular formula is C16H18ClN3O5. The number of hydrogen-bond donors (Lipinski definition) is 2. The molecule has 0 radical (unpaired) electrons. The van der Waals surface area contributed by atoms with Crippen molar-refractivity contribution in [3.05, 3.63) is 23.2 Å². The average Bonchev–Trinajstić information content (AvgIpc) is 2.61. The molecule has 1 fully saturated rings. The number of fused-ring (bicyclic) bond motifs is 1. The van der Waals surface area contributed by atoms with Gasteiger partial charge in [-0.15, -0.1) is 0 Å². The number of anilines is 1. The molecule has 9 heteroatoms. The van der Waals surface area contributed by atoms with Crippen LogP contribution in [0, 0.1) is 0 Å². The third-order valence-electron chi connectivity index (χ3n) is 4.13. The van der Waals surface area contributed by atoms with E-state index in [0.29, 0.717) is 42.8 Å². The predicted octanol–water partition coefficient (Wildman–Crippen LogP) is 0.405. The number of halogens is 1. The Morgan fingerprint density at radius 2 is 2.08 bits per heavy atom. The fourth-order valence-corrected chi connectivity index (χ4v) is 2.77. The summed E-state index contributed by atoms with van der Waals surface area (Å²) in [5.41, 5.74) is -1.38. The van der Waals surface area contributed by atoms with Crippen LogP contribution >= 0.6 is 11.6 Å². The maximum absolute atomic E-state index is 12.5. The van der Waals surface area contributed by atoms with E-state index in [0.717, 1.165) is 0 Å². The molecule has 0 spiro atoms. The van der Waals surface area contributed by atoms with E-state index in [4.69, 9.17) is 21.1 Å². The Morgan fingerprint density at radius 3 is 2.80 bits per heavy atom. The van der Waals surface area contributed by atoms with E-state index in [1.807, 2.05) is 0 Å². The second-order valence-corrected chi connectivity index (χ2v) is 6.34. The van der Waals surface area contributed by atoms with E-state index >= 15 is 0 Å². The molecule has 1 aromatic rings. The number of hydrogen-bond acceptors (Lipinski definition) is 5. The van der Waals surface area contributed by atoms with Crippen LogP contribution in [-0.4, -0.2) is 61.1 Å². The summed E-state index contributed by atoms with van der Waals surface area (Å²) in [6, 6.07) is 4.70. The highest BCUT2D eigenvalue weighted by molar-refractivity contribution is 6.31. The summed E-state index contributed by atoms with van der Waals surface area (Å²) >= 11 is 5.88. The molecule has 1 saturated heterocycles. The van der Waals surface area contributed by atoms with Crippen molar-refractivity contribution >= 4 is 35.0 Å². The third-order valence-corrected chi connectivity index (χ3v) is 4.37. The van der Waals surface area contributed by atoms with E-state index in [9.17, 15) is 14.4 Å². The summed E-state index contributed by atoms with van der Waals surface area (Å²) < 4.78 is 10.8. The number of benzene rings is 1. The van der Waals surface area contributed by atoms with Crippen molar-refractivity contribution in [1.29, 1.82) is 0 Å². The SMILES string of the molecule is CC1(C(=O)NCC(=O)N2CCOCC2)Oc2ccc(Cl)cc2NC1=O. The molecule has 3 amide bonds. The largest absolute Gasteiger partial charge is 0.466 e. The van der Waals surface area contributed by atoms with Gasteiger partial charge in [0.1, 0.15) is 5.75 Å². The fourth-order valence-electron chi connectivity index (χ4n) is 2.60. The lowest BCUT2D eigenvalue weighted by Crippen LogP contribution is -2.60. The Balaban J connectivity index is 1.65. The van der Waals surface area contributed by atoms with Gasteiger partial charge in [0.15, 0.2) is 0 Å². The summed E-state index contributed by atoms with van der Waals surface area (Å²) in [7, 11) is 0. The van der Waals surface area contributed by atoms with Crippen molar-refractivity contribution in [1.82, 2.24) is 10.2 Å². The van der Waals surface area contributed by atoms with Gasteiger partial charge < -0.3 is 25.0 Å². The number of carbonyl (C=O) groups excluding carboxylic acids is 3. The van der Waals surface area contributed by atoms with E-state index < -0.39 is 17.4 Å². The molecule has 2 aliphatic heterocycles. The van der Waals surface area contributed by atoms with Gasteiger partial charge in [0.05, 0.1) is 25.4 Å². The van der Waals surface area contributed by atoms with E-state index in [-0.39, 0.29) is 12.5 Å². The molecule has 0 bridgehead atoms. The van der Waals surface area contributed by atoms with Crippen LogP contribution < -0.4 is 15.4 Å². The van der Waals surface area contributed by atoms with Gasteiger partial charge >= 0.3 is 0 Å². The summed E-state index contributed by atoms with van der Waals surface area (Å²) in [5.74, 6) is -1.21. The second-order valence-electron chi connectivity index (χ2n) is 5.91. The first-order valence-corrected chi connectivity index (χ1v) is 8.22. The highest BCUT2D eigenvalue weighted by Crippen LogP contribution is 2.35. The highest BCUT2D eigenvalue weighted by atomic mass is 35.5. The predicted molar refractivity (Wildman–Crippen MR) is 89.5 cm³/mol. The Hall–Kier alpha value is -2.32. The first kappa shape index (κ1) is 17.5. The maximum atomic E-state index is 12.5. The number of nitrogens with zero attached hydrogens (tertiary/aromatic N) is 1. The Morgan fingerprint density at radius 1 is 1.36 bits per heavy atom. The Labute approximate surface area is 149 Å². The van der Waals surface area contributed by atoms with Gasteiger partial charge in [0.2, 0.25) is 5.91 Å². The van der Waals surface area contributed by atoms with Gasteiger partial charge in [0, 0.05) is 18.1 Å². The Kier molecular flexibility index (Phi) is 4.82. The Bertz CT molecular complexity index is 720. The summed E-state index contributed by atoms with van der Waals surface area (Å²) in [5, 5.41) is 5.52. The zero-order valence-electron chi connectivity index (χ0n) is 13.6. The molecule has 3 rings (SSSR count). The molecule has 8 nitrogen and oxygen atoms in total. The minimum Gasteiger partial charge on any atom is -0.466 e. The molecule has 25 heavy (non-hydrogen) atoms. The molecular weight excluding hydrogens is 350 g/mol. The normalized spacial score (nSPS) is 22.5. The fraction of sp³-hybridized carbons (Fsp3) is 0.438. The minimum atomic E-state index is -1.77. The van der Waals surface area contributed by atoms with Crippen LogP contribution in [0.1, 0.15) is 6.92 Å². The van der Waals surface area contributed by atoms with Gasteiger partial charge in [-0.05, 0) is 25.1 Å². The molecule has 0 aliphatic carbocycles. The lowest BCUT2D eigenvalue weighted by atomic mass is 10.0. The summed E-state index contributed by atoms with van der Waals surface area (Å²) in [6.45, 7) is 3.06. The van der Waals surface area contributed by atoms with Crippen LogP contribution in [0.25, 0.3) is 0 Å². The van der Waals surface area contributed by atoms with Crippen molar-refractivity contribution in [2.75, 3.05) is 38.2 Å². The number of nitrogens with one attached hydrogen (secondary N) is 2. The number of carbonyl (C=O) groups is 3. The van der Waals surface area contributed by atoms with E-state index in [1.165, 1.54) is 13.0 Å². The van der Waals surface area contributed by atoms with Crippen LogP contribution in [0.4, 0.5) is 5.69 Å². The molecule has 1 unspecified atom stereocenters. The monoisotopic (exact) mass is 367 g/mol. The van der Waals surface area contributed by atoms with Crippen LogP contribution in [-0.2, 0) is 19.1 Å². The number of morpholine rings is 1. The molecule has 2 aliphatic rings. The van der Waals surface area contributed by atoms with Crippen LogP contribution in [0.15, 0.2) is 18.2 Å². The van der Waals surface area contributed by atoms with Crippen molar-refractivity contribution < 1.29 is 23.9 Å². The van der Waals surface area contributed by atoms with Crippen molar-refractivity contribution in [2.45, 2.75) is 12.5 Å². The van der Waals surface area contributed by atoms with Crippen LogP contribution in [0.5, 0.6) is 5.75 Å². The maximum Gasteiger partial charge on any atom is 0.278 e. The van der Waals surface area contributed by atoms with Crippen molar-refractivity contribution in [3.8, 4) is 5.75 Å². The molecule has 2 heterocycles. The number of ether oxygens (including phenoxy) is 2. The lowest BCUT2D eigenvalue weighted by Gasteiger charge is -2.33. The van der Waals surface area contributed by atoms with Gasteiger partial charge in [-0.25, -0.2) is 0 Å². The lowest BCUT2D eigenvalue weighted by molar-refractivity contribution is -0.148. The molecule has 1 aromatic carbocycles. The molecule has 0 aromatic heterocycles. The van der Waals surface area contributed by atoms with Crippen LogP contribution in [0.2, 0.25) is 5.02 Å². The first-order valence-electron chi connectivity index (χ1n) is 7.84. The second kappa shape index (κ2) is 6.89. The molecule has 1 atom stereocenters. The van der Waals surface area contributed by atoms with Gasteiger partial charge in [-0.3, -0.25) is 14.4 Å². The van der Waals surface area contributed by atoms with Gasteiger partial charge in [-0.2, -0.15) is 0 Å². The number of rotatable bonds is 3. The minimum absolute atomic E-state index is 0.210. The van der Waals surface area contributed by atoms with E-state index in [2.05, 4.69) is 10.6 Å². The highest BCUT2D eigenvalue weighted by Gasteiger charge is 2.47. The smallest absolute Gasteiger partial charge is 0.278 e. The third kappa shape index (κ3) is 3.54.